The number of allylic oxidation sites excluding steroid dienone is 1. The van der Waals surface area contributed by atoms with E-state index in [2.05, 4.69) is 15.3 Å². The molecule has 8 heteroatoms. The van der Waals surface area contributed by atoms with E-state index in [9.17, 15) is 23.1 Å². The highest BCUT2D eigenvalue weighted by Gasteiger charge is 2.21. The van der Waals surface area contributed by atoms with Crippen LogP contribution < -0.4 is 5.32 Å². The fraction of sp³-hybridized carbons (Fsp3) is 0.190. The number of aryl methyl sites for hydroxylation is 1. The third-order valence-electron chi connectivity index (χ3n) is 4.25. The minimum Gasteiger partial charge on any atom is -0.389 e. The Labute approximate surface area is 164 Å². The van der Waals surface area contributed by atoms with Crippen molar-refractivity contribution < 1.29 is 23.1 Å². The summed E-state index contributed by atoms with van der Waals surface area (Å²) in [5, 5.41) is 12.3. The summed E-state index contributed by atoms with van der Waals surface area (Å²) in [4.78, 5) is 21.0. The van der Waals surface area contributed by atoms with Gasteiger partial charge in [-0.1, -0.05) is 18.2 Å². The van der Waals surface area contributed by atoms with Gasteiger partial charge in [-0.3, -0.25) is 14.8 Å². The molecule has 0 fully saturated rings. The average molecular weight is 401 g/mol. The van der Waals surface area contributed by atoms with Crippen molar-refractivity contribution in [1.29, 1.82) is 0 Å². The topological polar surface area (TPSA) is 75.1 Å². The molecule has 0 saturated heterocycles. The van der Waals surface area contributed by atoms with Crippen LogP contribution in [0.25, 0.3) is 17.1 Å². The Balaban J connectivity index is 1.79. The average Bonchev–Trinajstić information content (AvgIpc) is 2.65. The zero-order valence-corrected chi connectivity index (χ0v) is 15.7. The Morgan fingerprint density at radius 3 is 2.48 bits per heavy atom. The van der Waals surface area contributed by atoms with E-state index in [-0.39, 0.29) is 6.08 Å². The summed E-state index contributed by atoms with van der Waals surface area (Å²) in [6, 6.07) is 7.80. The van der Waals surface area contributed by atoms with E-state index >= 15 is 0 Å². The lowest BCUT2D eigenvalue weighted by Gasteiger charge is -2.10. The first-order valence-corrected chi connectivity index (χ1v) is 8.74. The van der Waals surface area contributed by atoms with Gasteiger partial charge < -0.3 is 10.4 Å². The van der Waals surface area contributed by atoms with Gasteiger partial charge in [-0.05, 0) is 43.2 Å². The van der Waals surface area contributed by atoms with Crippen molar-refractivity contribution in [3.05, 3.63) is 71.1 Å². The highest BCUT2D eigenvalue weighted by Crippen LogP contribution is 2.22. The molecule has 1 amide bonds. The van der Waals surface area contributed by atoms with Gasteiger partial charge in [0, 0.05) is 23.4 Å². The van der Waals surface area contributed by atoms with Gasteiger partial charge in [0.2, 0.25) is 0 Å². The third-order valence-corrected chi connectivity index (χ3v) is 4.25. The number of anilines is 1. The lowest BCUT2D eigenvalue weighted by atomic mass is 10.0. The molecule has 0 spiro atoms. The molecular formula is C21H18F3N3O2. The third kappa shape index (κ3) is 5.17. The van der Waals surface area contributed by atoms with E-state index in [1.807, 2.05) is 0 Å². The lowest BCUT2D eigenvalue weighted by molar-refractivity contribution is -0.0790. The van der Waals surface area contributed by atoms with Crippen LogP contribution in [0, 0.1) is 6.92 Å². The molecule has 1 aromatic carbocycles. The number of aliphatic hydroxyl groups is 1. The maximum Gasteiger partial charge on any atom is 0.409 e. The van der Waals surface area contributed by atoms with E-state index in [1.54, 1.807) is 26.0 Å². The van der Waals surface area contributed by atoms with Crippen LogP contribution in [0.3, 0.4) is 0 Å². The number of aromatic nitrogens is 2. The van der Waals surface area contributed by atoms with Crippen molar-refractivity contribution in [3.8, 4) is 0 Å². The number of halogens is 3. The normalized spacial score (nSPS) is 13.0. The number of aliphatic hydroxyl groups excluding tert-OH is 1. The molecule has 2 aromatic heterocycles. The van der Waals surface area contributed by atoms with Crippen LogP contribution in [0.5, 0.6) is 0 Å². The van der Waals surface area contributed by atoms with Gasteiger partial charge in [-0.25, -0.2) is 0 Å². The second kappa shape index (κ2) is 8.00. The Morgan fingerprint density at radius 2 is 1.83 bits per heavy atom. The zero-order valence-electron chi connectivity index (χ0n) is 15.7. The van der Waals surface area contributed by atoms with E-state index in [0.717, 1.165) is 6.08 Å². The Hall–Kier alpha value is -3.26. The van der Waals surface area contributed by atoms with Gasteiger partial charge in [0.05, 0.1) is 29.0 Å². The molecule has 0 saturated carbocycles. The van der Waals surface area contributed by atoms with Gasteiger partial charge in [-0.15, -0.1) is 0 Å². The number of pyridine rings is 2. The molecule has 2 heterocycles. The zero-order chi connectivity index (χ0) is 21.2. The SMILES string of the molecule is Cc1cc(C=CC(F)(F)F)ccc1C(=O)Nc1cnc2cc(C(C)O)cnc2c1. The Bertz CT molecular complexity index is 1090. The maximum atomic E-state index is 12.6. The molecule has 2 N–H and O–H groups in total. The summed E-state index contributed by atoms with van der Waals surface area (Å²) in [6.07, 6.45) is -0.934. The number of hydrogen-bond donors (Lipinski definition) is 2. The van der Waals surface area contributed by atoms with Crippen LogP contribution in [0.15, 0.2) is 48.8 Å². The number of hydrogen-bond acceptors (Lipinski definition) is 4. The first-order valence-electron chi connectivity index (χ1n) is 8.74. The molecule has 29 heavy (non-hydrogen) atoms. The van der Waals surface area contributed by atoms with Crippen LogP contribution >= 0.6 is 0 Å². The number of nitrogens with one attached hydrogen (secondary N) is 1. The second-order valence-electron chi connectivity index (χ2n) is 6.61. The molecule has 5 nitrogen and oxygen atoms in total. The van der Waals surface area contributed by atoms with Crippen molar-refractivity contribution in [3.63, 3.8) is 0 Å². The van der Waals surface area contributed by atoms with Crippen LogP contribution in [-0.2, 0) is 0 Å². The van der Waals surface area contributed by atoms with Crippen molar-refractivity contribution in [2.45, 2.75) is 26.1 Å². The molecule has 0 bridgehead atoms. The Morgan fingerprint density at radius 1 is 1.14 bits per heavy atom. The van der Waals surface area contributed by atoms with Gasteiger partial charge in [-0.2, -0.15) is 13.2 Å². The molecular weight excluding hydrogens is 383 g/mol. The van der Waals surface area contributed by atoms with Crippen LogP contribution in [-0.4, -0.2) is 27.2 Å². The number of alkyl halides is 3. The van der Waals surface area contributed by atoms with E-state index < -0.39 is 18.2 Å². The summed E-state index contributed by atoms with van der Waals surface area (Å²) >= 11 is 0. The fourth-order valence-corrected chi connectivity index (χ4v) is 2.75. The molecule has 0 aliphatic rings. The number of fused-ring (bicyclic) bond motifs is 1. The van der Waals surface area contributed by atoms with Crippen LogP contribution in [0.1, 0.15) is 40.1 Å². The van der Waals surface area contributed by atoms with E-state index in [4.69, 9.17) is 0 Å². The van der Waals surface area contributed by atoms with E-state index in [0.29, 0.717) is 39.0 Å². The molecule has 3 aromatic rings. The first-order chi connectivity index (χ1) is 13.6. The number of carbonyl (C=O) groups is 1. The number of rotatable bonds is 4. The van der Waals surface area contributed by atoms with Crippen molar-refractivity contribution in [2.24, 2.45) is 0 Å². The standard InChI is InChI=1S/C21H18F3N3O2/c1-12-7-14(5-6-21(22,23)24)3-4-17(12)20(29)27-16-9-19-18(26-11-16)8-15(10-25-19)13(2)28/h3-11,13,28H,1-2H3,(H,27,29). The Kier molecular flexibility index (Phi) is 5.65. The van der Waals surface area contributed by atoms with Crippen molar-refractivity contribution >= 4 is 28.7 Å². The minimum absolute atomic E-state index is 0.151. The number of benzene rings is 1. The van der Waals surface area contributed by atoms with Crippen molar-refractivity contribution in [1.82, 2.24) is 9.97 Å². The first kappa shape index (κ1) is 20.5. The lowest BCUT2D eigenvalue weighted by Crippen LogP contribution is -2.13. The summed E-state index contributed by atoms with van der Waals surface area (Å²) in [7, 11) is 0. The second-order valence-corrected chi connectivity index (χ2v) is 6.61. The smallest absolute Gasteiger partial charge is 0.389 e. The van der Waals surface area contributed by atoms with Crippen molar-refractivity contribution in [2.75, 3.05) is 5.32 Å². The van der Waals surface area contributed by atoms with Crippen LogP contribution in [0.4, 0.5) is 18.9 Å². The molecule has 0 radical (unpaired) electrons. The number of carbonyl (C=O) groups excluding carboxylic acids is 1. The number of amides is 1. The summed E-state index contributed by atoms with van der Waals surface area (Å²) in [6.45, 7) is 3.28. The maximum absolute atomic E-state index is 12.6. The summed E-state index contributed by atoms with van der Waals surface area (Å²) in [5.41, 5.74) is 3.43. The fourth-order valence-electron chi connectivity index (χ4n) is 2.75. The van der Waals surface area contributed by atoms with Gasteiger partial charge in [0.15, 0.2) is 0 Å². The molecule has 1 unspecified atom stereocenters. The van der Waals surface area contributed by atoms with Gasteiger partial charge in [0.1, 0.15) is 0 Å². The minimum atomic E-state index is -4.39. The molecule has 0 aliphatic carbocycles. The van der Waals surface area contributed by atoms with Crippen LogP contribution in [0.2, 0.25) is 0 Å². The highest BCUT2D eigenvalue weighted by atomic mass is 19.4. The quantitative estimate of drug-likeness (QED) is 0.657. The molecule has 150 valence electrons. The summed E-state index contributed by atoms with van der Waals surface area (Å²) < 4.78 is 36.9. The van der Waals surface area contributed by atoms with Gasteiger partial charge >= 0.3 is 6.18 Å². The predicted octanol–water partition coefficient (Wildman–Crippen LogP) is 4.82. The molecule has 1 atom stereocenters. The monoisotopic (exact) mass is 401 g/mol. The predicted molar refractivity (Wildman–Crippen MR) is 104 cm³/mol. The number of nitrogens with zero attached hydrogens (tertiary/aromatic N) is 2. The highest BCUT2D eigenvalue weighted by molar-refractivity contribution is 6.05. The molecule has 0 aliphatic heterocycles. The largest absolute Gasteiger partial charge is 0.409 e. The summed E-state index contributed by atoms with van der Waals surface area (Å²) in [5.74, 6) is -0.407. The van der Waals surface area contributed by atoms with E-state index in [1.165, 1.54) is 30.6 Å². The van der Waals surface area contributed by atoms with Gasteiger partial charge in [0.25, 0.3) is 5.91 Å². The molecule has 3 rings (SSSR count).